The first kappa shape index (κ1) is 46.9. The Balaban J connectivity index is 0.00000122. The quantitative estimate of drug-likeness (QED) is 0.111. The molecule has 1 aliphatic heterocycles. The van der Waals surface area contributed by atoms with Crippen molar-refractivity contribution in [3.05, 3.63) is 95.8 Å². The summed E-state index contributed by atoms with van der Waals surface area (Å²) in [6.45, 7) is 6.24. The van der Waals surface area contributed by atoms with Crippen LogP contribution in [0.5, 0.6) is 0 Å². The maximum absolute atomic E-state index is 15.0. The highest BCUT2D eigenvalue weighted by Gasteiger charge is 2.39. The van der Waals surface area contributed by atoms with Crippen LogP contribution in [0.4, 0.5) is 22.0 Å². The molecule has 0 saturated heterocycles. The average Bonchev–Trinajstić information content (AvgIpc) is 3.69. The van der Waals surface area contributed by atoms with Crippen LogP contribution in [0.15, 0.2) is 72.9 Å². The topological polar surface area (TPSA) is 221 Å². The zero-order valence-corrected chi connectivity index (χ0v) is 32.3. The van der Waals surface area contributed by atoms with E-state index in [-0.39, 0.29) is 24.4 Å². The molecule has 2 heterocycles. The second-order valence-corrected chi connectivity index (χ2v) is 14.4. The van der Waals surface area contributed by atoms with Gasteiger partial charge < -0.3 is 36.0 Å². The molecule has 0 fully saturated rings. The third-order valence-electron chi connectivity index (χ3n) is 8.76. The molecule has 3 aromatic rings. The number of hydrogen-bond donors (Lipinski definition) is 5. The number of nitrogens with zero attached hydrogens (tertiary/aromatic N) is 3. The number of nitrogens with one attached hydrogen (secondary N) is 2. The molecular formula is C39H43F5N6O9. The van der Waals surface area contributed by atoms with Crippen molar-refractivity contribution in [3.8, 4) is 11.1 Å². The monoisotopic (exact) mass is 834 g/mol. The molecule has 0 spiro atoms. The van der Waals surface area contributed by atoms with E-state index in [1.165, 1.54) is 6.92 Å². The summed E-state index contributed by atoms with van der Waals surface area (Å²) < 4.78 is 62.9. The van der Waals surface area contributed by atoms with Gasteiger partial charge in [0.2, 0.25) is 17.7 Å². The van der Waals surface area contributed by atoms with Gasteiger partial charge in [-0.05, 0) is 41.7 Å². The summed E-state index contributed by atoms with van der Waals surface area (Å²) in [5, 5.41) is 21.4. The zero-order chi connectivity index (χ0) is 44.4. The van der Waals surface area contributed by atoms with E-state index in [0.29, 0.717) is 22.7 Å². The smallest absolute Gasteiger partial charge is 0.480 e. The molecule has 0 saturated carbocycles. The number of rotatable bonds is 15. The molecule has 2 aromatic carbocycles. The van der Waals surface area contributed by atoms with Crippen LogP contribution in [0.3, 0.4) is 0 Å². The Kier molecular flexibility index (Phi) is 15.8. The molecule has 1 aromatic heterocycles. The number of hydrogen-bond acceptors (Lipinski definition) is 8. The Morgan fingerprint density at radius 3 is 2.03 bits per heavy atom. The number of halogens is 5. The number of carbonyl (C=O) groups is 7. The number of amides is 5. The lowest BCUT2D eigenvalue weighted by Gasteiger charge is -2.41. The Bertz CT molecular complexity index is 2060. The molecule has 0 radical (unpaired) electrons. The van der Waals surface area contributed by atoms with Gasteiger partial charge in [0.1, 0.15) is 24.2 Å². The molecular weight excluding hydrogens is 791 g/mol. The third kappa shape index (κ3) is 13.3. The van der Waals surface area contributed by atoms with Crippen molar-refractivity contribution in [1.82, 2.24) is 25.0 Å². The molecule has 1 aliphatic rings. The van der Waals surface area contributed by atoms with Gasteiger partial charge in [-0.3, -0.25) is 28.9 Å². The van der Waals surface area contributed by atoms with Crippen LogP contribution in [0.1, 0.15) is 51.4 Å². The van der Waals surface area contributed by atoms with Crippen LogP contribution in [-0.4, -0.2) is 104 Å². The van der Waals surface area contributed by atoms with Gasteiger partial charge in [0, 0.05) is 61.7 Å². The van der Waals surface area contributed by atoms with E-state index < -0.39 is 90.0 Å². The Morgan fingerprint density at radius 2 is 1.51 bits per heavy atom. The SMILES string of the molecule is CC(=O)N(CC[C@H](N)C(=O)N[C@H](CNC(=O)CN1C(=O)C=CC1=O)C(=O)O)[C@@H](c1cc(-c2cc(F)ccc2F)cn1Cc1ccccc1)C(C)(C)C.O=C(O)C(F)(F)F. The first-order chi connectivity index (χ1) is 27.4. The van der Waals surface area contributed by atoms with Gasteiger partial charge in [0.15, 0.2) is 0 Å². The van der Waals surface area contributed by atoms with Crippen LogP contribution < -0.4 is 16.4 Å². The number of carbonyl (C=O) groups excluding carboxylic acids is 5. The molecule has 4 rings (SSSR count). The van der Waals surface area contributed by atoms with E-state index in [1.54, 1.807) is 17.2 Å². The van der Waals surface area contributed by atoms with Gasteiger partial charge in [-0.15, -0.1) is 0 Å². The minimum absolute atomic E-state index is 0.0353. The van der Waals surface area contributed by atoms with Crippen molar-refractivity contribution >= 4 is 41.5 Å². The van der Waals surface area contributed by atoms with Crippen molar-refractivity contribution < 1.29 is 65.7 Å². The van der Waals surface area contributed by atoms with Gasteiger partial charge in [-0.1, -0.05) is 51.1 Å². The summed E-state index contributed by atoms with van der Waals surface area (Å²) in [4.78, 5) is 85.1. The molecule has 15 nitrogen and oxygen atoms in total. The fourth-order valence-electron chi connectivity index (χ4n) is 5.97. The number of alkyl halides is 3. The largest absolute Gasteiger partial charge is 0.490 e. The first-order valence-electron chi connectivity index (χ1n) is 17.8. The lowest BCUT2D eigenvalue weighted by molar-refractivity contribution is -0.192. The zero-order valence-electron chi connectivity index (χ0n) is 32.3. The highest BCUT2D eigenvalue weighted by atomic mass is 19.4. The highest BCUT2D eigenvalue weighted by molar-refractivity contribution is 6.14. The summed E-state index contributed by atoms with van der Waals surface area (Å²) >= 11 is 0. The summed E-state index contributed by atoms with van der Waals surface area (Å²) in [6.07, 6.45) is -1.46. The number of imide groups is 1. The highest BCUT2D eigenvalue weighted by Crippen LogP contribution is 2.41. The van der Waals surface area contributed by atoms with Crippen molar-refractivity contribution in [3.63, 3.8) is 0 Å². The summed E-state index contributed by atoms with van der Waals surface area (Å²) in [5.41, 5.74) is 7.57. The van der Waals surface area contributed by atoms with Crippen molar-refractivity contribution in [2.24, 2.45) is 11.1 Å². The third-order valence-corrected chi connectivity index (χ3v) is 8.76. The fourth-order valence-corrected chi connectivity index (χ4v) is 5.97. The number of carboxylic acid groups (broad SMARTS) is 2. The minimum atomic E-state index is -5.08. The van der Waals surface area contributed by atoms with Gasteiger partial charge in [-0.2, -0.15) is 13.2 Å². The van der Waals surface area contributed by atoms with Crippen LogP contribution in [-0.2, 0) is 40.1 Å². The second kappa shape index (κ2) is 19.8. The van der Waals surface area contributed by atoms with E-state index in [9.17, 15) is 55.8 Å². The number of aromatic nitrogens is 1. The first-order valence-corrected chi connectivity index (χ1v) is 17.8. The van der Waals surface area contributed by atoms with E-state index in [4.69, 9.17) is 15.6 Å². The Labute approximate surface area is 334 Å². The lowest BCUT2D eigenvalue weighted by Crippen LogP contribution is -2.54. The predicted molar refractivity (Wildman–Crippen MR) is 200 cm³/mol. The number of benzene rings is 2. The molecule has 20 heteroatoms. The molecule has 0 bridgehead atoms. The van der Waals surface area contributed by atoms with Gasteiger partial charge in [0.05, 0.1) is 12.1 Å². The molecule has 3 atom stereocenters. The van der Waals surface area contributed by atoms with Gasteiger partial charge in [-0.25, -0.2) is 18.4 Å². The Hall–Kier alpha value is -6.44. The van der Waals surface area contributed by atoms with Crippen molar-refractivity contribution in [2.75, 3.05) is 19.6 Å². The summed E-state index contributed by atoms with van der Waals surface area (Å²) in [5.74, 6) is -8.87. The molecule has 6 N–H and O–H groups in total. The van der Waals surface area contributed by atoms with Crippen LogP contribution in [0.25, 0.3) is 11.1 Å². The van der Waals surface area contributed by atoms with Gasteiger partial charge in [0.25, 0.3) is 11.8 Å². The lowest BCUT2D eigenvalue weighted by atomic mass is 9.82. The van der Waals surface area contributed by atoms with Crippen LogP contribution in [0, 0.1) is 17.0 Å². The summed E-state index contributed by atoms with van der Waals surface area (Å²) in [7, 11) is 0. The number of aliphatic carboxylic acids is 2. The molecule has 318 valence electrons. The fraction of sp³-hybridized carbons (Fsp3) is 0.359. The molecule has 0 aliphatic carbocycles. The van der Waals surface area contributed by atoms with E-state index in [2.05, 4.69) is 10.6 Å². The number of carboxylic acids is 2. The van der Waals surface area contributed by atoms with Gasteiger partial charge >= 0.3 is 18.1 Å². The maximum Gasteiger partial charge on any atom is 0.490 e. The number of nitrogens with two attached hydrogens (primary N) is 1. The Morgan fingerprint density at radius 1 is 0.915 bits per heavy atom. The van der Waals surface area contributed by atoms with E-state index >= 15 is 0 Å². The normalized spacial score (nSPS) is 14.2. The molecule has 0 unspecified atom stereocenters. The standard InChI is InChI=1S/C37H42F2N6O7.C2HF3O2/c1-22(46)44(15-14-28(40)35(50)42-29(36(51)52)18-41-31(47)21-45-32(48)12-13-33(45)49)34(37(2,3)4)30-16-24(26-17-25(38)10-11-27(26)39)20-43(30)19-23-8-6-5-7-9-23;3-2(4,5)1(6)7/h5-13,16-17,20,28-29,34H,14-15,18-19,21,40H2,1-4H3,(H,41,47)(H,42,50)(H,51,52);(H,6,7)/t28-,29+,34-;/m0./s1. The van der Waals surface area contributed by atoms with Crippen LogP contribution >= 0.6 is 0 Å². The predicted octanol–water partition coefficient (Wildman–Crippen LogP) is 3.38. The maximum atomic E-state index is 15.0. The molecule has 5 amide bonds. The summed E-state index contributed by atoms with van der Waals surface area (Å²) in [6, 6.07) is 10.8. The molecule has 59 heavy (non-hydrogen) atoms. The minimum Gasteiger partial charge on any atom is -0.480 e. The second-order valence-electron chi connectivity index (χ2n) is 14.4. The van der Waals surface area contributed by atoms with Crippen molar-refractivity contribution in [2.45, 2.75) is 65.0 Å². The van der Waals surface area contributed by atoms with E-state index in [1.807, 2.05) is 55.7 Å². The van der Waals surface area contributed by atoms with E-state index in [0.717, 1.165) is 35.9 Å². The van der Waals surface area contributed by atoms with Crippen LogP contribution in [0.2, 0.25) is 0 Å². The average molecular weight is 835 g/mol. The van der Waals surface area contributed by atoms with Crippen molar-refractivity contribution in [1.29, 1.82) is 0 Å².